The number of methoxy groups -OCH3 is 1. The number of halogens is 2. The van der Waals surface area contributed by atoms with Crippen molar-refractivity contribution in [2.45, 2.75) is 44.2 Å². The van der Waals surface area contributed by atoms with Crippen molar-refractivity contribution in [3.8, 4) is 5.75 Å². The van der Waals surface area contributed by atoms with Crippen LogP contribution in [0.4, 0.5) is 0 Å². The molecule has 2 aromatic rings. The number of rotatable bonds is 4. The first kappa shape index (κ1) is 21.7. The minimum Gasteiger partial charge on any atom is -0.507 e. The molecule has 1 heterocycles. The molecule has 1 atom stereocenters. The number of aliphatic hydroxyl groups is 1. The Labute approximate surface area is 191 Å². The number of amides is 1. The third kappa shape index (κ3) is 4.04. The molecule has 0 radical (unpaired) electrons. The SMILES string of the molecule is COc1ccc(C2/C(=C(/O)c3ccc(Cl)c(Cl)c3)C(=O)C(=O)N2C2CCCCC2)cc1. The molecule has 2 aromatic carbocycles. The number of carbonyl (C=O) groups is 2. The van der Waals surface area contributed by atoms with Gasteiger partial charge in [0.15, 0.2) is 0 Å². The Hall–Kier alpha value is -2.50. The summed E-state index contributed by atoms with van der Waals surface area (Å²) in [5.41, 5.74) is 1.15. The van der Waals surface area contributed by atoms with Crippen molar-refractivity contribution in [2.24, 2.45) is 0 Å². The maximum atomic E-state index is 13.1. The molecule has 1 aliphatic carbocycles. The zero-order valence-electron chi connectivity index (χ0n) is 17.1. The summed E-state index contributed by atoms with van der Waals surface area (Å²) in [6.07, 6.45) is 4.82. The van der Waals surface area contributed by atoms with Crippen molar-refractivity contribution in [2.75, 3.05) is 7.11 Å². The van der Waals surface area contributed by atoms with Gasteiger partial charge in [0.2, 0.25) is 0 Å². The number of aliphatic hydroxyl groups excluding tert-OH is 1. The molecule has 162 valence electrons. The van der Waals surface area contributed by atoms with Crippen LogP contribution >= 0.6 is 23.2 Å². The van der Waals surface area contributed by atoms with E-state index in [-0.39, 0.29) is 22.4 Å². The van der Waals surface area contributed by atoms with Crippen LogP contribution in [0.1, 0.15) is 49.3 Å². The van der Waals surface area contributed by atoms with Gasteiger partial charge >= 0.3 is 0 Å². The van der Waals surface area contributed by atoms with Gasteiger partial charge in [-0.15, -0.1) is 0 Å². The molecule has 1 N–H and O–H groups in total. The second-order valence-corrected chi connectivity index (χ2v) is 8.71. The van der Waals surface area contributed by atoms with Gasteiger partial charge in [0.25, 0.3) is 11.7 Å². The van der Waals surface area contributed by atoms with Crippen molar-refractivity contribution < 1.29 is 19.4 Å². The molecule has 5 nitrogen and oxygen atoms in total. The van der Waals surface area contributed by atoms with E-state index in [1.54, 1.807) is 36.3 Å². The summed E-state index contributed by atoms with van der Waals surface area (Å²) >= 11 is 12.1. The van der Waals surface area contributed by atoms with Gasteiger partial charge in [0.05, 0.1) is 28.8 Å². The number of likely N-dealkylation sites (tertiary alicyclic amines) is 1. The first-order chi connectivity index (χ1) is 14.9. The number of ketones is 1. The lowest BCUT2D eigenvalue weighted by molar-refractivity contribution is -0.141. The van der Waals surface area contributed by atoms with Crippen LogP contribution < -0.4 is 4.74 Å². The van der Waals surface area contributed by atoms with E-state index in [1.165, 1.54) is 6.07 Å². The van der Waals surface area contributed by atoms with Crippen LogP contribution in [0.25, 0.3) is 5.76 Å². The lowest BCUT2D eigenvalue weighted by Gasteiger charge is -2.35. The van der Waals surface area contributed by atoms with Gasteiger partial charge in [-0.05, 0) is 48.7 Å². The molecule has 0 spiro atoms. The molecule has 1 saturated carbocycles. The van der Waals surface area contributed by atoms with E-state index in [0.29, 0.717) is 16.3 Å². The smallest absolute Gasteiger partial charge is 0.295 e. The van der Waals surface area contributed by atoms with Gasteiger partial charge in [0, 0.05) is 11.6 Å². The molecule has 31 heavy (non-hydrogen) atoms. The van der Waals surface area contributed by atoms with Crippen molar-refractivity contribution in [3.63, 3.8) is 0 Å². The molecule has 1 amide bonds. The first-order valence-electron chi connectivity index (χ1n) is 10.3. The first-order valence-corrected chi connectivity index (χ1v) is 11.1. The molecule has 0 aromatic heterocycles. The lowest BCUT2D eigenvalue weighted by atomic mass is 9.91. The minimum atomic E-state index is -0.685. The molecule has 1 unspecified atom stereocenters. The zero-order valence-corrected chi connectivity index (χ0v) is 18.6. The Morgan fingerprint density at radius 1 is 1.00 bits per heavy atom. The van der Waals surface area contributed by atoms with Crippen LogP contribution in [-0.2, 0) is 9.59 Å². The predicted octanol–water partition coefficient (Wildman–Crippen LogP) is 5.76. The van der Waals surface area contributed by atoms with Crippen LogP contribution in [0.15, 0.2) is 48.0 Å². The van der Waals surface area contributed by atoms with Gasteiger partial charge < -0.3 is 14.7 Å². The van der Waals surface area contributed by atoms with Crippen molar-refractivity contribution in [1.29, 1.82) is 0 Å². The number of nitrogens with zero attached hydrogens (tertiary/aromatic N) is 1. The minimum absolute atomic E-state index is 0.0450. The Morgan fingerprint density at radius 2 is 1.68 bits per heavy atom. The summed E-state index contributed by atoms with van der Waals surface area (Å²) in [6.45, 7) is 0. The number of Topliss-reactive ketones (excluding diaryl/α,β-unsaturated/α-hetero) is 1. The van der Waals surface area contributed by atoms with E-state index in [2.05, 4.69) is 0 Å². The topological polar surface area (TPSA) is 66.8 Å². The molecule has 2 aliphatic rings. The average Bonchev–Trinajstić information content (AvgIpc) is 3.06. The highest BCUT2D eigenvalue weighted by molar-refractivity contribution is 6.47. The van der Waals surface area contributed by atoms with Crippen molar-refractivity contribution in [1.82, 2.24) is 4.90 Å². The number of hydrogen-bond acceptors (Lipinski definition) is 4. The standard InChI is InChI=1S/C24H23Cl2NO4/c1-31-17-10-7-14(8-11-17)21-20(22(28)15-9-12-18(25)19(26)13-15)23(29)24(30)27(21)16-5-3-2-4-6-16/h7-13,16,21,28H,2-6H2,1H3/b22-20-. The van der Waals surface area contributed by atoms with E-state index in [1.807, 2.05) is 12.1 Å². The summed E-state index contributed by atoms with van der Waals surface area (Å²) in [6, 6.07) is 11.1. The van der Waals surface area contributed by atoms with E-state index < -0.39 is 17.7 Å². The summed E-state index contributed by atoms with van der Waals surface area (Å²) in [5, 5.41) is 11.7. The maximum absolute atomic E-state index is 13.1. The normalized spacial score (nSPS) is 21.5. The molecule has 1 aliphatic heterocycles. The molecular weight excluding hydrogens is 437 g/mol. The van der Waals surface area contributed by atoms with Crippen LogP contribution in [0.2, 0.25) is 10.0 Å². The van der Waals surface area contributed by atoms with Gasteiger partial charge in [-0.3, -0.25) is 9.59 Å². The third-order valence-electron chi connectivity index (χ3n) is 6.07. The van der Waals surface area contributed by atoms with Gasteiger partial charge in [-0.2, -0.15) is 0 Å². The van der Waals surface area contributed by atoms with Crippen LogP contribution in [0, 0.1) is 0 Å². The molecule has 4 rings (SSSR count). The third-order valence-corrected chi connectivity index (χ3v) is 6.81. The molecular formula is C24H23Cl2NO4. The van der Waals surface area contributed by atoms with E-state index in [9.17, 15) is 14.7 Å². The fourth-order valence-electron chi connectivity index (χ4n) is 4.50. The number of hydrogen-bond donors (Lipinski definition) is 1. The fourth-order valence-corrected chi connectivity index (χ4v) is 4.80. The van der Waals surface area contributed by atoms with Crippen molar-refractivity contribution in [3.05, 3.63) is 69.2 Å². The maximum Gasteiger partial charge on any atom is 0.295 e. The van der Waals surface area contributed by atoms with Crippen LogP contribution in [-0.4, -0.2) is 34.8 Å². The Kier molecular flexibility index (Phi) is 6.26. The molecule has 7 heteroatoms. The highest BCUT2D eigenvalue weighted by atomic mass is 35.5. The van der Waals surface area contributed by atoms with Crippen molar-refractivity contribution >= 4 is 40.7 Å². The van der Waals surface area contributed by atoms with Crippen LogP contribution in [0.3, 0.4) is 0 Å². The van der Waals surface area contributed by atoms with E-state index >= 15 is 0 Å². The predicted molar refractivity (Wildman–Crippen MR) is 120 cm³/mol. The van der Waals surface area contributed by atoms with E-state index in [4.69, 9.17) is 27.9 Å². The summed E-state index contributed by atoms with van der Waals surface area (Å²) in [7, 11) is 1.58. The largest absolute Gasteiger partial charge is 0.507 e. The van der Waals surface area contributed by atoms with Gasteiger partial charge in [0.1, 0.15) is 11.5 Å². The van der Waals surface area contributed by atoms with E-state index in [0.717, 1.165) is 37.7 Å². The highest BCUT2D eigenvalue weighted by Crippen LogP contribution is 2.43. The Bertz CT molecular complexity index is 1040. The average molecular weight is 460 g/mol. The molecule has 2 fully saturated rings. The second kappa shape index (κ2) is 8.93. The second-order valence-electron chi connectivity index (χ2n) is 7.90. The zero-order chi connectivity index (χ0) is 22.1. The Morgan fingerprint density at radius 3 is 2.29 bits per heavy atom. The monoisotopic (exact) mass is 459 g/mol. The van der Waals surface area contributed by atoms with Gasteiger partial charge in [-0.1, -0.05) is 54.6 Å². The molecule has 1 saturated heterocycles. The number of ether oxygens (including phenoxy) is 1. The number of benzene rings is 2. The van der Waals surface area contributed by atoms with Crippen LogP contribution in [0.5, 0.6) is 5.75 Å². The summed E-state index contributed by atoms with van der Waals surface area (Å²) < 4.78 is 5.25. The summed E-state index contributed by atoms with van der Waals surface area (Å²) in [4.78, 5) is 27.9. The molecule has 0 bridgehead atoms. The Balaban J connectivity index is 1.87. The summed E-state index contributed by atoms with van der Waals surface area (Å²) in [5.74, 6) is -0.844. The lowest BCUT2D eigenvalue weighted by Crippen LogP contribution is -2.40. The fraction of sp³-hybridized carbons (Fsp3) is 0.333. The highest BCUT2D eigenvalue weighted by Gasteiger charge is 2.48. The quantitative estimate of drug-likeness (QED) is 0.358. The number of carbonyl (C=O) groups excluding carboxylic acids is 2. The van der Waals surface area contributed by atoms with Gasteiger partial charge in [-0.25, -0.2) is 0 Å².